The molecule has 1 saturated heterocycles. The summed E-state index contributed by atoms with van der Waals surface area (Å²) in [5.74, 6) is 2.46. The van der Waals surface area contributed by atoms with E-state index >= 15 is 0 Å². The van der Waals surface area contributed by atoms with Gasteiger partial charge in [-0.3, -0.25) is 0 Å². The van der Waals surface area contributed by atoms with Crippen LogP contribution in [0.15, 0.2) is 6.20 Å². The number of rotatable bonds is 4. The first-order valence-electron chi connectivity index (χ1n) is 9.28. The average Bonchev–Trinajstić information content (AvgIpc) is 3.25. The van der Waals surface area contributed by atoms with Crippen LogP contribution in [-0.2, 0) is 6.54 Å². The zero-order valence-electron chi connectivity index (χ0n) is 14.1. The van der Waals surface area contributed by atoms with E-state index < -0.39 is 0 Å². The number of amides is 2. The molecule has 1 aromatic heterocycles. The predicted octanol–water partition coefficient (Wildman–Crippen LogP) is 3.04. The highest BCUT2D eigenvalue weighted by molar-refractivity contribution is 5.75. The molecule has 4 rings (SSSR count). The predicted molar refractivity (Wildman–Crippen MR) is 89.4 cm³/mol. The Bertz CT molecular complexity index is 566. The van der Waals surface area contributed by atoms with Crippen molar-refractivity contribution in [2.45, 2.75) is 70.4 Å². The Balaban J connectivity index is 1.31. The minimum Gasteiger partial charge on any atom is -0.335 e. The second-order valence-corrected chi connectivity index (χ2v) is 7.70. The number of aromatic nitrogens is 2. The Morgan fingerprint density at radius 3 is 2.65 bits per heavy atom. The molecule has 1 aromatic rings. The number of carbonyl (C=O) groups excluding carboxylic acids is 1. The third kappa shape index (κ3) is 3.24. The van der Waals surface area contributed by atoms with Gasteiger partial charge in [-0.15, -0.1) is 0 Å². The quantitative estimate of drug-likeness (QED) is 0.928. The van der Waals surface area contributed by atoms with Crippen molar-refractivity contribution >= 4 is 6.03 Å². The lowest BCUT2D eigenvalue weighted by Gasteiger charge is -2.40. The van der Waals surface area contributed by atoms with Crippen LogP contribution in [0.3, 0.4) is 0 Å². The number of hydrogen-bond acceptors (Lipinski definition) is 2. The highest BCUT2D eigenvalue weighted by Gasteiger charge is 2.36. The molecule has 126 valence electrons. The molecule has 5 heteroatoms. The second-order valence-electron chi connectivity index (χ2n) is 7.70. The van der Waals surface area contributed by atoms with E-state index in [9.17, 15) is 4.79 Å². The van der Waals surface area contributed by atoms with Crippen LogP contribution in [0.5, 0.6) is 0 Å². The fourth-order valence-electron chi connectivity index (χ4n) is 3.92. The van der Waals surface area contributed by atoms with Crippen molar-refractivity contribution in [3.8, 4) is 0 Å². The van der Waals surface area contributed by atoms with Crippen LogP contribution in [-0.4, -0.2) is 39.6 Å². The SMILES string of the molecule is Cc1cnc(C2CN(C(=O)NC3CCCCC3)C2)n1CC1CC1. The summed E-state index contributed by atoms with van der Waals surface area (Å²) in [4.78, 5) is 18.9. The summed E-state index contributed by atoms with van der Waals surface area (Å²) < 4.78 is 2.39. The molecule has 2 saturated carbocycles. The number of likely N-dealkylation sites (tertiary alicyclic amines) is 1. The molecule has 0 bridgehead atoms. The van der Waals surface area contributed by atoms with Crippen molar-refractivity contribution in [3.05, 3.63) is 17.7 Å². The van der Waals surface area contributed by atoms with E-state index in [1.165, 1.54) is 43.6 Å². The molecule has 23 heavy (non-hydrogen) atoms. The summed E-state index contributed by atoms with van der Waals surface area (Å²) in [6.45, 7) is 4.90. The lowest BCUT2D eigenvalue weighted by molar-refractivity contribution is 0.141. The Kier molecular flexibility index (Phi) is 4.04. The minimum absolute atomic E-state index is 0.130. The third-order valence-electron chi connectivity index (χ3n) is 5.69. The van der Waals surface area contributed by atoms with E-state index in [1.807, 2.05) is 11.1 Å². The van der Waals surface area contributed by atoms with Gasteiger partial charge in [0, 0.05) is 37.6 Å². The van der Waals surface area contributed by atoms with E-state index in [4.69, 9.17) is 0 Å². The van der Waals surface area contributed by atoms with Gasteiger partial charge in [-0.05, 0) is 38.5 Å². The van der Waals surface area contributed by atoms with Gasteiger partial charge in [0.05, 0.1) is 5.92 Å². The van der Waals surface area contributed by atoms with Crippen LogP contribution in [0.1, 0.15) is 62.4 Å². The molecule has 2 amide bonds. The molecule has 1 aliphatic heterocycles. The van der Waals surface area contributed by atoms with Crippen molar-refractivity contribution in [2.75, 3.05) is 13.1 Å². The average molecular weight is 316 g/mol. The molecule has 0 atom stereocenters. The normalized spacial score (nSPS) is 22.9. The largest absolute Gasteiger partial charge is 0.335 e. The first kappa shape index (κ1) is 15.0. The van der Waals surface area contributed by atoms with Crippen molar-refractivity contribution in [3.63, 3.8) is 0 Å². The van der Waals surface area contributed by atoms with Gasteiger partial charge in [-0.1, -0.05) is 19.3 Å². The van der Waals surface area contributed by atoms with Gasteiger partial charge in [0.25, 0.3) is 0 Å². The monoisotopic (exact) mass is 316 g/mol. The number of nitrogens with one attached hydrogen (secondary N) is 1. The number of nitrogens with zero attached hydrogens (tertiary/aromatic N) is 3. The van der Waals surface area contributed by atoms with Crippen LogP contribution < -0.4 is 5.32 Å². The molecule has 0 radical (unpaired) electrons. The van der Waals surface area contributed by atoms with Gasteiger partial charge in [-0.25, -0.2) is 9.78 Å². The number of aryl methyl sites for hydroxylation is 1. The molecule has 3 aliphatic rings. The van der Waals surface area contributed by atoms with Gasteiger partial charge in [0.2, 0.25) is 0 Å². The highest BCUT2D eigenvalue weighted by Crippen LogP contribution is 2.34. The maximum absolute atomic E-state index is 12.3. The Labute approximate surface area is 138 Å². The standard InChI is InChI=1S/C18H28N4O/c1-13-9-19-17(22(13)10-14-7-8-14)15-11-21(12-15)18(23)20-16-5-3-2-4-6-16/h9,14-16H,2-8,10-12H2,1H3,(H,20,23). The molecule has 1 N–H and O–H groups in total. The number of hydrogen-bond donors (Lipinski definition) is 1. The van der Waals surface area contributed by atoms with E-state index in [-0.39, 0.29) is 6.03 Å². The van der Waals surface area contributed by atoms with Crippen LogP contribution >= 0.6 is 0 Å². The fourth-order valence-corrected chi connectivity index (χ4v) is 3.92. The molecule has 0 unspecified atom stereocenters. The number of imidazole rings is 1. The zero-order chi connectivity index (χ0) is 15.8. The molecule has 5 nitrogen and oxygen atoms in total. The van der Waals surface area contributed by atoms with Gasteiger partial charge < -0.3 is 14.8 Å². The maximum Gasteiger partial charge on any atom is 0.317 e. The molecule has 0 spiro atoms. The molecule has 0 aromatic carbocycles. The van der Waals surface area contributed by atoms with Gasteiger partial charge in [-0.2, -0.15) is 0 Å². The van der Waals surface area contributed by atoms with Crippen molar-refractivity contribution < 1.29 is 4.79 Å². The summed E-state index contributed by atoms with van der Waals surface area (Å²) >= 11 is 0. The summed E-state index contributed by atoms with van der Waals surface area (Å²) in [5, 5.41) is 3.21. The van der Waals surface area contributed by atoms with E-state index in [0.29, 0.717) is 12.0 Å². The van der Waals surface area contributed by atoms with Crippen LogP contribution in [0.2, 0.25) is 0 Å². The summed E-state index contributed by atoms with van der Waals surface area (Å²) in [7, 11) is 0. The molecule has 2 aliphatic carbocycles. The molecule has 3 fully saturated rings. The molecule has 2 heterocycles. The van der Waals surface area contributed by atoms with Crippen molar-refractivity contribution in [1.29, 1.82) is 0 Å². The lowest BCUT2D eigenvalue weighted by Crippen LogP contribution is -2.55. The minimum atomic E-state index is 0.130. The second kappa shape index (κ2) is 6.17. The molecular formula is C18H28N4O. The smallest absolute Gasteiger partial charge is 0.317 e. The lowest BCUT2D eigenvalue weighted by atomic mass is 9.95. The van der Waals surface area contributed by atoms with Crippen LogP contribution in [0.25, 0.3) is 0 Å². The zero-order valence-corrected chi connectivity index (χ0v) is 14.1. The summed E-state index contributed by atoms with van der Waals surface area (Å²) in [5.41, 5.74) is 1.26. The van der Waals surface area contributed by atoms with Crippen LogP contribution in [0, 0.1) is 12.8 Å². The third-order valence-corrected chi connectivity index (χ3v) is 5.69. The first-order chi connectivity index (χ1) is 11.2. The molecular weight excluding hydrogens is 288 g/mol. The topological polar surface area (TPSA) is 50.2 Å². The summed E-state index contributed by atoms with van der Waals surface area (Å²) in [6, 6.07) is 0.527. The van der Waals surface area contributed by atoms with Gasteiger partial charge >= 0.3 is 6.03 Å². The maximum atomic E-state index is 12.3. The Morgan fingerprint density at radius 2 is 1.96 bits per heavy atom. The number of carbonyl (C=O) groups is 1. The Morgan fingerprint density at radius 1 is 1.22 bits per heavy atom. The number of urea groups is 1. The van der Waals surface area contributed by atoms with Gasteiger partial charge in [0.1, 0.15) is 5.82 Å². The highest BCUT2D eigenvalue weighted by atomic mass is 16.2. The van der Waals surface area contributed by atoms with E-state index in [2.05, 4.69) is 21.8 Å². The fraction of sp³-hybridized carbons (Fsp3) is 0.778. The first-order valence-corrected chi connectivity index (χ1v) is 9.28. The van der Waals surface area contributed by atoms with E-state index in [1.54, 1.807) is 0 Å². The Hall–Kier alpha value is -1.52. The van der Waals surface area contributed by atoms with Crippen molar-refractivity contribution in [1.82, 2.24) is 19.8 Å². The van der Waals surface area contributed by atoms with Crippen LogP contribution in [0.4, 0.5) is 4.79 Å². The van der Waals surface area contributed by atoms with E-state index in [0.717, 1.165) is 38.4 Å². The van der Waals surface area contributed by atoms with Crippen molar-refractivity contribution in [2.24, 2.45) is 5.92 Å². The van der Waals surface area contributed by atoms with Gasteiger partial charge in [0.15, 0.2) is 0 Å². The summed E-state index contributed by atoms with van der Waals surface area (Å²) in [6.07, 6.45) is 10.8.